The van der Waals surface area contributed by atoms with Gasteiger partial charge in [0.25, 0.3) is 5.91 Å². The molecular weight excluding hydrogens is 372 g/mol. The summed E-state index contributed by atoms with van der Waals surface area (Å²) in [5.74, 6) is 1.44. The van der Waals surface area contributed by atoms with E-state index in [2.05, 4.69) is 21.2 Å². The predicted molar refractivity (Wildman–Crippen MR) is 94.9 cm³/mol. The number of hydrogen-bond donors (Lipinski definition) is 2. The Hall–Kier alpha value is -1.79. The number of carbonyl (C=O) groups is 1. The molecule has 3 rings (SSSR count). The van der Waals surface area contributed by atoms with Crippen molar-refractivity contribution in [3.63, 3.8) is 0 Å². The third-order valence-electron chi connectivity index (χ3n) is 4.41. The van der Waals surface area contributed by atoms with Crippen LogP contribution in [0, 0.1) is 0 Å². The van der Waals surface area contributed by atoms with E-state index in [1.54, 1.807) is 12.1 Å². The maximum Gasteiger partial charge on any atom is 0.287 e. The van der Waals surface area contributed by atoms with Crippen molar-refractivity contribution in [2.75, 3.05) is 6.54 Å². The standard InChI is InChI=1S/C18H21BrN2O3/c19-13-3-5-14(6-4-13)23-11-15-7-8-16(24-15)17(22)21-18(12-20)9-1-2-10-18/h3-8H,1-2,9-12,20H2,(H,21,22). The van der Waals surface area contributed by atoms with Gasteiger partial charge in [0, 0.05) is 11.0 Å². The van der Waals surface area contributed by atoms with Gasteiger partial charge in [-0.2, -0.15) is 0 Å². The van der Waals surface area contributed by atoms with Gasteiger partial charge in [-0.3, -0.25) is 4.79 Å². The molecule has 128 valence electrons. The largest absolute Gasteiger partial charge is 0.486 e. The van der Waals surface area contributed by atoms with E-state index in [0.29, 0.717) is 18.1 Å². The van der Waals surface area contributed by atoms with Crippen LogP contribution in [-0.4, -0.2) is 18.0 Å². The number of benzene rings is 1. The lowest BCUT2D eigenvalue weighted by molar-refractivity contribution is 0.0870. The van der Waals surface area contributed by atoms with Crippen molar-refractivity contribution in [3.8, 4) is 5.75 Å². The molecule has 1 heterocycles. The minimum atomic E-state index is -0.280. The first-order chi connectivity index (χ1) is 11.6. The molecule has 1 saturated carbocycles. The predicted octanol–water partition coefficient (Wildman–Crippen LogP) is 3.62. The van der Waals surface area contributed by atoms with Gasteiger partial charge in [-0.1, -0.05) is 28.8 Å². The molecule has 1 amide bonds. The summed E-state index contributed by atoms with van der Waals surface area (Å²) in [6, 6.07) is 11.0. The molecule has 0 bridgehead atoms. The normalized spacial score (nSPS) is 16.1. The molecule has 2 aromatic rings. The smallest absolute Gasteiger partial charge is 0.287 e. The van der Waals surface area contributed by atoms with Crippen molar-refractivity contribution < 1.29 is 13.9 Å². The maximum absolute atomic E-state index is 12.4. The Labute approximate surface area is 149 Å². The number of rotatable bonds is 6. The molecule has 0 atom stereocenters. The van der Waals surface area contributed by atoms with Gasteiger partial charge >= 0.3 is 0 Å². The number of nitrogens with two attached hydrogens (primary N) is 1. The number of furan rings is 1. The van der Waals surface area contributed by atoms with Crippen LogP contribution in [0.1, 0.15) is 42.0 Å². The van der Waals surface area contributed by atoms with Crippen LogP contribution >= 0.6 is 15.9 Å². The molecule has 1 aromatic carbocycles. The van der Waals surface area contributed by atoms with Gasteiger partial charge in [0.2, 0.25) is 0 Å². The zero-order chi connectivity index (χ0) is 17.0. The number of hydrogen-bond acceptors (Lipinski definition) is 4. The summed E-state index contributed by atoms with van der Waals surface area (Å²) in [6.07, 6.45) is 4.05. The molecule has 5 nitrogen and oxygen atoms in total. The van der Waals surface area contributed by atoms with E-state index in [4.69, 9.17) is 14.9 Å². The fourth-order valence-corrected chi connectivity index (χ4v) is 3.26. The van der Waals surface area contributed by atoms with E-state index in [9.17, 15) is 4.79 Å². The van der Waals surface area contributed by atoms with Crippen molar-refractivity contribution in [2.45, 2.75) is 37.8 Å². The molecule has 24 heavy (non-hydrogen) atoms. The number of halogens is 1. The van der Waals surface area contributed by atoms with Crippen molar-refractivity contribution >= 4 is 21.8 Å². The molecule has 1 aliphatic carbocycles. The average Bonchev–Trinajstić information content (AvgIpc) is 3.24. The van der Waals surface area contributed by atoms with Crippen molar-refractivity contribution in [3.05, 3.63) is 52.4 Å². The molecule has 0 saturated heterocycles. The Bertz CT molecular complexity index is 691. The van der Waals surface area contributed by atoms with Crippen LogP contribution in [0.5, 0.6) is 5.75 Å². The maximum atomic E-state index is 12.4. The molecule has 0 radical (unpaired) electrons. The van der Waals surface area contributed by atoms with Crippen LogP contribution in [0.4, 0.5) is 0 Å². The highest BCUT2D eigenvalue weighted by Crippen LogP contribution is 2.29. The lowest BCUT2D eigenvalue weighted by Crippen LogP contribution is -2.51. The van der Waals surface area contributed by atoms with Crippen molar-refractivity contribution in [2.24, 2.45) is 5.73 Å². The van der Waals surface area contributed by atoms with Crippen LogP contribution in [-0.2, 0) is 6.61 Å². The van der Waals surface area contributed by atoms with Gasteiger partial charge in [-0.25, -0.2) is 0 Å². The molecule has 1 aliphatic rings. The Kier molecular flexibility index (Phi) is 5.26. The van der Waals surface area contributed by atoms with Gasteiger partial charge in [-0.15, -0.1) is 0 Å². The minimum absolute atomic E-state index is 0.211. The Balaban J connectivity index is 1.58. The highest BCUT2D eigenvalue weighted by molar-refractivity contribution is 9.10. The second kappa shape index (κ2) is 7.40. The van der Waals surface area contributed by atoms with Gasteiger partial charge < -0.3 is 20.2 Å². The Morgan fingerprint density at radius 3 is 2.58 bits per heavy atom. The van der Waals surface area contributed by atoms with E-state index in [0.717, 1.165) is 35.9 Å². The third kappa shape index (κ3) is 3.99. The Morgan fingerprint density at radius 1 is 1.21 bits per heavy atom. The van der Waals surface area contributed by atoms with Crippen molar-refractivity contribution in [1.82, 2.24) is 5.32 Å². The number of nitrogens with one attached hydrogen (secondary N) is 1. The van der Waals surface area contributed by atoms with Crippen LogP contribution in [0.3, 0.4) is 0 Å². The van der Waals surface area contributed by atoms with Crippen LogP contribution in [0.25, 0.3) is 0 Å². The SMILES string of the molecule is NCC1(NC(=O)c2ccc(COc3ccc(Br)cc3)o2)CCCC1. The minimum Gasteiger partial charge on any atom is -0.486 e. The summed E-state index contributed by atoms with van der Waals surface area (Å²) in [5.41, 5.74) is 5.57. The van der Waals surface area contributed by atoms with Gasteiger partial charge in [0.05, 0.1) is 5.54 Å². The summed E-state index contributed by atoms with van der Waals surface area (Å²) >= 11 is 3.38. The van der Waals surface area contributed by atoms with E-state index in [-0.39, 0.29) is 18.1 Å². The Morgan fingerprint density at radius 2 is 1.92 bits per heavy atom. The van der Waals surface area contributed by atoms with Crippen LogP contribution in [0.15, 0.2) is 45.3 Å². The quantitative estimate of drug-likeness (QED) is 0.786. The molecular formula is C18H21BrN2O3. The summed E-state index contributed by atoms with van der Waals surface area (Å²) in [7, 11) is 0. The molecule has 0 spiro atoms. The summed E-state index contributed by atoms with van der Waals surface area (Å²) in [5, 5.41) is 3.05. The van der Waals surface area contributed by atoms with Gasteiger partial charge in [0.1, 0.15) is 18.1 Å². The number of amides is 1. The van der Waals surface area contributed by atoms with Crippen LogP contribution < -0.4 is 15.8 Å². The molecule has 1 fully saturated rings. The van der Waals surface area contributed by atoms with Gasteiger partial charge in [-0.05, 0) is 49.2 Å². The molecule has 1 aromatic heterocycles. The second-order valence-corrected chi connectivity index (χ2v) is 7.07. The van der Waals surface area contributed by atoms with E-state index >= 15 is 0 Å². The first-order valence-corrected chi connectivity index (χ1v) is 8.89. The van der Waals surface area contributed by atoms with Gasteiger partial charge in [0.15, 0.2) is 5.76 Å². The lowest BCUT2D eigenvalue weighted by Gasteiger charge is -2.28. The summed E-state index contributed by atoms with van der Waals surface area (Å²) in [4.78, 5) is 12.4. The summed E-state index contributed by atoms with van der Waals surface area (Å²) < 4.78 is 12.2. The first kappa shape index (κ1) is 17.0. The monoisotopic (exact) mass is 392 g/mol. The molecule has 3 N–H and O–H groups in total. The lowest BCUT2D eigenvalue weighted by atomic mass is 9.98. The third-order valence-corrected chi connectivity index (χ3v) is 4.94. The fourth-order valence-electron chi connectivity index (χ4n) is 3.00. The first-order valence-electron chi connectivity index (χ1n) is 8.10. The fraction of sp³-hybridized carbons (Fsp3) is 0.389. The van der Waals surface area contributed by atoms with E-state index in [1.165, 1.54) is 0 Å². The van der Waals surface area contributed by atoms with Crippen LogP contribution in [0.2, 0.25) is 0 Å². The second-order valence-electron chi connectivity index (χ2n) is 6.15. The number of ether oxygens (including phenoxy) is 1. The highest BCUT2D eigenvalue weighted by Gasteiger charge is 2.34. The number of carbonyl (C=O) groups excluding carboxylic acids is 1. The summed E-state index contributed by atoms with van der Waals surface area (Å²) in [6.45, 7) is 0.732. The topological polar surface area (TPSA) is 77.5 Å². The van der Waals surface area contributed by atoms with E-state index in [1.807, 2.05) is 24.3 Å². The molecule has 0 aliphatic heterocycles. The van der Waals surface area contributed by atoms with Crippen molar-refractivity contribution in [1.29, 1.82) is 0 Å². The zero-order valence-electron chi connectivity index (χ0n) is 13.4. The van der Waals surface area contributed by atoms with E-state index < -0.39 is 0 Å². The molecule has 6 heteroatoms. The zero-order valence-corrected chi connectivity index (χ0v) is 15.0. The molecule has 0 unspecified atom stereocenters. The average molecular weight is 393 g/mol. The highest BCUT2D eigenvalue weighted by atomic mass is 79.9.